The predicted octanol–water partition coefficient (Wildman–Crippen LogP) is 1.07. The predicted molar refractivity (Wildman–Crippen MR) is 112 cm³/mol. The summed E-state index contributed by atoms with van der Waals surface area (Å²) in [6, 6.07) is 7.04. The molecular weight excluding hydrogens is 412 g/mol. The van der Waals surface area contributed by atoms with E-state index in [9.17, 15) is 28.2 Å². The highest BCUT2D eigenvalue weighted by molar-refractivity contribution is 7.93. The molecular formula is C20H30N2O7S. The van der Waals surface area contributed by atoms with Crippen LogP contribution in [-0.2, 0) is 26.0 Å². The molecule has 0 aliphatic rings. The largest absolute Gasteiger partial charge is 0.445 e. The fourth-order valence-corrected chi connectivity index (χ4v) is 2.95. The van der Waals surface area contributed by atoms with Crippen LogP contribution in [0.3, 0.4) is 0 Å². The Bertz CT molecular complexity index is 830. The Morgan fingerprint density at radius 2 is 1.73 bits per heavy atom. The van der Waals surface area contributed by atoms with E-state index >= 15 is 0 Å². The average Bonchev–Trinajstić information content (AvgIpc) is 2.61. The van der Waals surface area contributed by atoms with Gasteiger partial charge in [0.1, 0.15) is 12.6 Å². The van der Waals surface area contributed by atoms with Crippen molar-refractivity contribution in [1.82, 2.24) is 10.6 Å². The summed E-state index contributed by atoms with van der Waals surface area (Å²) in [5, 5.41) is 24.3. The van der Waals surface area contributed by atoms with Crippen LogP contribution in [0.25, 0.3) is 0 Å². The minimum atomic E-state index is -3.48. The third-order valence-corrected chi connectivity index (χ3v) is 4.61. The number of aliphatic hydroxyl groups excluding tert-OH is 1. The Kier molecular flexibility index (Phi) is 9.47. The molecule has 1 rings (SSSR count). The number of hydrogen-bond acceptors (Lipinski definition) is 7. The molecule has 2 unspecified atom stereocenters. The van der Waals surface area contributed by atoms with Gasteiger partial charge in [-0.15, -0.1) is 0 Å². The number of aliphatic hydroxyl groups is 2. The van der Waals surface area contributed by atoms with Crippen molar-refractivity contribution in [3.05, 3.63) is 47.4 Å². The maximum Gasteiger partial charge on any atom is 0.408 e. The van der Waals surface area contributed by atoms with Gasteiger partial charge in [-0.1, -0.05) is 57.2 Å². The van der Waals surface area contributed by atoms with Gasteiger partial charge < -0.3 is 25.6 Å². The molecule has 0 saturated carbocycles. The number of carbonyl (C=O) groups is 2. The standard InChI is InChI=1S/C20H30N2O7S/c1-20(2,3)17(22-19(26)29-13-14-8-6-5-7-9-14)18(25)21-15(12-16(23)24)10-11-30(4,27)28/h5-11,15-17,23-24H,12-13H2,1-4H3,(H,21,25)(H,22,26). The topological polar surface area (TPSA) is 142 Å². The van der Waals surface area contributed by atoms with Crippen LogP contribution in [0, 0.1) is 5.41 Å². The summed E-state index contributed by atoms with van der Waals surface area (Å²) < 4.78 is 27.8. The SMILES string of the molecule is CC(C)(C)C(NC(=O)OCc1ccccc1)C(=O)NC(C=CS(C)(=O)=O)CC(O)O. The van der Waals surface area contributed by atoms with Gasteiger partial charge in [-0.3, -0.25) is 4.79 Å². The van der Waals surface area contributed by atoms with Crippen molar-refractivity contribution in [1.29, 1.82) is 0 Å². The summed E-state index contributed by atoms with van der Waals surface area (Å²) in [4.78, 5) is 25.0. The van der Waals surface area contributed by atoms with E-state index in [1.165, 1.54) is 0 Å². The summed E-state index contributed by atoms with van der Waals surface area (Å²) in [5.74, 6) is -0.622. The van der Waals surface area contributed by atoms with Crippen LogP contribution in [0.15, 0.2) is 41.8 Å². The van der Waals surface area contributed by atoms with E-state index in [2.05, 4.69) is 10.6 Å². The Hall–Kier alpha value is -2.43. The first-order valence-corrected chi connectivity index (χ1v) is 11.3. The Labute approximate surface area is 177 Å². The number of sulfone groups is 1. The van der Waals surface area contributed by atoms with Gasteiger partial charge in [0.25, 0.3) is 0 Å². The van der Waals surface area contributed by atoms with Gasteiger partial charge in [0.2, 0.25) is 5.91 Å². The summed E-state index contributed by atoms with van der Waals surface area (Å²) in [5.41, 5.74) is 0.0750. The Morgan fingerprint density at radius 1 is 1.13 bits per heavy atom. The monoisotopic (exact) mass is 442 g/mol. The van der Waals surface area contributed by atoms with Crippen LogP contribution in [-0.4, -0.2) is 55.3 Å². The first-order chi connectivity index (χ1) is 13.8. The third kappa shape index (κ3) is 10.4. The molecule has 0 aliphatic carbocycles. The van der Waals surface area contributed by atoms with Gasteiger partial charge in [-0.05, 0) is 11.0 Å². The molecule has 4 N–H and O–H groups in total. The number of carbonyl (C=O) groups excluding carboxylic acids is 2. The first kappa shape index (κ1) is 25.6. The number of rotatable bonds is 9. The van der Waals surface area contributed by atoms with E-state index in [0.29, 0.717) is 0 Å². The van der Waals surface area contributed by atoms with Crippen molar-refractivity contribution >= 4 is 21.8 Å². The molecule has 30 heavy (non-hydrogen) atoms. The number of ether oxygens (including phenoxy) is 1. The van der Waals surface area contributed by atoms with Crippen molar-refractivity contribution in [2.24, 2.45) is 5.41 Å². The van der Waals surface area contributed by atoms with Gasteiger partial charge in [-0.25, -0.2) is 13.2 Å². The quantitative estimate of drug-likeness (QED) is 0.419. The molecule has 0 spiro atoms. The first-order valence-electron chi connectivity index (χ1n) is 9.30. The molecule has 0 radical (unpaired) electrons. The minimum Gasteiger partial charge on any atom is -0.445 e. The maximum atomic E-state index is 12.8. The van der Waals surface area contributed by atoms with Crippen molar-refractivity contribution in [2.45, 2.75) is 52.2 Å². The van der Waals surface area contributed by atoms with E-state index in [-0.39, 0.29) is 13.0 Å². The van der Waals surface area contributed by atoms with Crippen LogP contribution in [0.4, 0.5) is 4.79 Å². The van der Waals surface area contributed by atoms with Gasteiger partial charge >= 0.3 is 6.09 Å². The summed E-state index contributed by atoms with van der Waals surface area (Å²) in [6.07, 6.45) is -0.761. The highest BCUT2D eigenvalue weighted by atomic mass is 32.2. The van der Waals surface area contributed by atoms with E-state index < -0.39 is 45.6 Å². The zero-order valence-corrected chi connectivity index (χ0v) is 18.3. The third-order valence-electron chi connectivity index (χ3n) is 3.95. The fourth-order valence-electron chi connectivity index (χ4n) is 2.47. The van der Waals surface area contributed by atoms with Crippen LogP contribution >= 0.6 is 0 Å². The lowest BCUT2D eigenvalue weighted by atomic mass is 9.86. The second-order valence-corrected chi connectivity index (χ2v) is 9.93. The molecule has 9 nitrogen and oxygen atoms in total. The van der Waals surface area contributed by atoms with Crippen molar-refractivity contribution in [3.8, 4) is 0 Å². The summed E-state index contributed by atoms with van der Waals surface area (Å²) in [6.45, 7) is 5.23. The van der Waals surface area contributed by atoms with Crippen LogP contribution in [0.5, 0.6) is 0 Å². The second-order valence-electron chi connectivity index (χ2n) is 7.99. The molecule has 0 heterocycles. The number of benzene rings is 1. The molecule has 0 aliphatic heterocycles. The highest BCUT2D eigenvalue weighted by Gasteiger charge is 2.34. The highest BCUT2D eigenvalue weighted by Crippen LogP contribution is 2.20. The zero-order chi connectivity index (χ0) is 22.9. The molecule has 0 aromatic heterocycles. The van der Waals surface area contributed by atoms with Gasteiger partial charge in [0.05, 0.1) is 6.04 Å². The van der Waals surface area contributed by atoms with Crippen molar-refractivity contribution in [2.75, 3.05) is 6.26 Å². The smallest absolute Gasteiger partial charge is 0.408 e. The van der Waals surface area contributed by atoms with Crippen LogP contribution in [0.1, 0.15) is 32.8 Å². The molecule has 0 saturated heterocycles. The molecule has 168 valence electrons. The van der Waals surface area contributed by atoms with E-state index in [1.54, 1.807) is 32.9 Å². The van der Waals surface area contributed by atoms with Crippen LogP contribution in [0.2, 0.25) is 0 Å². The normalized spacial score (nSPS) is 14.4. The van der Waals surface area contributed by atoms with E-state index in [1.807, 2.05) is 18.2 Å². The fraction of sp³-hybridized carbons (Fsp3) is 0.500. The van der Waals surface area contributed by atoms with E-state index in [0.717, 1.165) is 23.3 Å². The second kappa shape index (κ2) is 11.1. The molecule has 1 aromatic carbocycles. The minimum absolute atomic E-state index is 0.0293. The average molecular weight is 443 g/mol. The van der Waals surface area contributed by atoms with Gasteiger partial charge in [-0.2, -0.15) is 0 Å². The molecule has 2 amide bonds. The summed E-state index contributed by atoms with van der Waals surface area (Å²) >= 11 is 0. The lowest BCUT2D eigenvalue weighted by Crippen LogP contribution is -2.55. The van der Waals surface area contributed by atoms with Crippen LogP contribution < -0.4 is 10.6 Å². The molecule has 2 atom stereocenters. The van der Waals surface area contributed by atoms with Crippen molar-refractivity contribution < 1.29 is 33.0 Å². The maximum absolute atomic E-state index is 12.8. The van der Waals surface area contributed by atoms with E-state index in [4.69, 9.17) is 4.74 Å². The number of hydrogen-bond donors (Lipinski definition) is 4. The van der Waals surface area contributed by atoms with Crippen molar-refractivity contribution in [3.63, 3.8) is 0 Å². The molecule has 1 aromatic rings. The number of alkyl carbamates (subject to hydrolysis) is 1. The van der Waals surface area contributed by atoms with Gasteiger partial charge in [0, 0.05) is 18.1 Å². The summed E-state index contributed by atoms with van der Waals surface area (Å²) in [7, 11) is -3.48. The van der Waals surface area contributed by atoms with Gasteiger partial charge in [0.15, 0.2) is 16.1 Å². The lowest BCUT2D eigenvalue weighted by molar-refractivity contribution is -0.126. The number of amides is 2. The lowest BCUT2D eigenvalue weighted by Gasteiger charge is -2.31. The molecule has 0 fully saturated rings. The number of nitrogens with one attached hydrogen (secondary N) is 2. The zero-order valence-electron chi connectivity index (χ0n) is 17.5. The Morgan fingerprint density at radius 3 is 2.23 bits per heavy atom. The molecule has 10 heteroatoms. The molecule has 0 bridgehead atoms. The Balaban J connectivity index is 2.85.